The maximum Gasteiger partial charge on any atom is 0.308 e. The molecule has 6 N–H and O–H groups in total. The lowest BCUT2D eigenvalue weighted by molar-refractivity contribution is -0.150. The van der Waals surface area contributed by atoms with E-state index in [1.54, 1.807) is 0 Å². The summed E-state index contributed by atoms with van der Waals surface area (Å²) in [7, 11) is 0. The van der Waals surface area contributed by atoms with E-state index in [-0.39, 0.29) is 48.1 Å². The summed E-state index contributed by atoms with van der Waals surface area (Å²) in [6.45, 7) is 10.4. The topological polar surface area (TPSA) is 175 Å². The van der Waals surface area contributed by atoms with Crippen LogP contribution in [0.15, 0.2) is 4.99 Å². The quantitative estimate of drug-likeness (QED) is 0.0204. The average Bonchev–Trinajstić information content (AvgIpc) is 3.20. The van der Waals surface area contributed by atoms with Gasteiger partial charge in [-0.2, -0.15) is 0 Å². The van der Waals surface area contributed by atoms with Gasteiger partial charge in [0.15, 0.2) is 5.96 Å². The zero-order valence-corrected chi connectivity index (χ0v) is 38.0. The molecule has 0 spiro atoms. The number of hydrogen-bond acceptors (Lipinski definition) is 7. The summed E-state index contributed by atoms with van der Waals surface area (Å²) < 4.78 is 11.4. The first-order valence-electron chi connectivity index (χ1n) is 24.2. The number of esters is 2. The molecule has 3 atom stereocenters. The van der Waals surface area contributed by atoms with Crippen LogP contribution < -0.4 is 22.1 Å². The molecule has 2 unspecified atom stereocenters. The number of rotatable bonds is 42. The molecule has 2 amide bonds. The highest BCUT2D eigenvalue weighted by Gasteiger charge is 2.22. The number of nitrogens with two attached hydrogens (primary N) is 2. The number of ether oxygens (including phenoxy) is 2. The molecule has 0 saturated carbocycles. The predicted octanol–water partition coefficient (Wildman–Crippen LogP) is 10.4. The van der Waals surface area contributed by atoms with Crippen LogP contribution in [0, 0.1) is 11.8 Å². The van der Waals surface area contributed by atoms with E-state index in [0.29, 0.717) is 32.6 Å². The minimum absolute atomic E-state index is 0.0178. The maximum atomic E-state index is 13.0. The van der Waals surface area contributed by atoms with Crippen LogP contribution in [0.1, 0.15) is 227 Å². The summed E-state index contributed by atoms with van der Waals surface area (Å²) in [5.41, 5.74) is 11.0. The number of carbonyl (C=O) groups excluding carboxylic acids is 4. The van der Waals surface area contributed by atoms with Crippen molar-refractivity contribution in [2.45, 2.75) is 233 Å². The Balaban J connectivity index is 4.43. The molecule has 0 aliphatic carbocycles. The Kier molecular flexibility index (Phi) is 38.9. The van der Waals surface area contributed by atoms with Crippen molar-refractivity contribution in [1.82, 2.24) is 10.6 Å². The van der Waals surface area contributed by atoms with Crippen molar-refractivity contribution < 1.29 is 28.7 Å². The van der Waals surface area contributed by atoms with Gasteiger partial charge in [-0.3, -0.25) is 24.2 Å². The van der Waals surface area contributed by atoms with Gasteiger partial charge in [-0.1, -0.05) is 156 Å². The molecule has 11 nitrogen and oxygen atoms in total. The highest BCUT2D eigenvalue weighted by Crippen LogP contribution is 2.22. The monoisotopic (exact) mass is 822 g/mol. The van der Waals surface area contributed by atoms with Crippen molar-refractivity contribution in [2.75, 3.05) is 26.3 Å². The summed E-state index contributed by atoms with van der Waals surface area (Å²) >= 11 is 0. The van der Waals surface area contributed by atoms with Crippen LogP contribution in [0.25, 0.3) is 0 Å². The predicted molar refractivity (Wildman–Crippen MR) is 240 cm³/mol. The maximum absolute atomic E-state index is 13.0. The van der Waals surface area contributed by atoms with Crippen LogP contribution in [-0.4, -0.2) is 62.1 Å². The molecule has 0 aromatic rings. The van der Waals surface area contributed by atoms with E-state index in [0.717, 1.165) is 116 Å². The van der Waals surface area contributed by atoms with Crippen molar-refractivity contribution in [3.05, 3.63) is 0 Å². The molecule has 58 heavy (non-hydrogen) atoms. The lowest BCUT2D eigenvalue weighted by Gasteiger charge is -2.18. The number of nitrogens with one attached hydrogen (secondary N) is 2. The summed E-state index contributed by atoms with van der Waals surface area (Å²) in [5.74, 6) is -0.477. The number of nitrogens with zero attached hydrogens (tertiary/aromatic N) is 1. The smallest absolute Gasteiger partial charge is 0.308 e. The van der Waals surface area contributed by atoms with Crippen molar-refractivity contribution in [2.24, 2.45) is 28.3 Å². The van der Waals surface area contributed by atoms with Gasteiger partial charge < -0.3 is 31.6 Å². The summed E-state index contributed by atoms with van der Waals surface area (Å²) in [4.78, 5) is 55.4. The van der Waals surface area contributed by atoms with Gasteiger partial charge in [-0.25, -0.2) is 0 Å². The Labute approximate surface area is 355 Å². The van der Waals surface area contributed by atoms with Crippen LogP contribution in [0.5, 0.6) is 0 Å². The first kappa shape index (κ1) is 55.2. The molecule has 0 saturated heterocycles. The van der Waals surface area contributed by atoms with Gasteiger partial charge in [-0.05, 0) is 64.2 Å². The first-order valence-corrected chi connectivity index (χ1v) is 24.2. The Bertz CT molecular complexity index is 1040. The van der Waals surface area contributed by atoms with E-state index >= 15 is 0 Å². The second-order valence-corrected chi connectivity index (χ2v) is 16.6. The van der Waals surface area contributed by atoms with Crippen molar-refractivity contribution in [3.63, 3.8) is 0 Å². The molecule has 0 bridgehead atoms. The molecule has 340 valence electrons. The van der Waals surface area contributed by atoms with Crippen LogP contribution in [0.2, 0.25) is 0 Å². The number of unbranched alkanes of at least 4 members (excludes halogenated alkanes) is 19. The summed E-state index contributed by atoms with van der Waals surface area (Å²) in [6, 6.07) is -0.719. The number of carbonyl (C=O) groups is 4. The summed E-state index contributed by atoms with van der Waals surface area (Å²) in [5, 5.41) is 5.84. The Morgan fingerprint density at radius 1 is 0.500 bits per heavy atom. The number of aliphatic imine (C=N–C) groups is 1. The van der Waals surface area contributed by atoms with Gasteiger partial charge in [0.1, 0.15) is 6.04 Å². The van der Waals surface area contributed by atoms with Crippen LogP contribution in [-0.2, 0) is 28.7 Å². The SMILES string of the molecule is CCCCCCCCC(CCCCCC)C(=O)OCCCCCCCC(=O)N[C@@H](CCN=C(N)N)C(=O)NCCCCCCOC(=O)C(CCCC)CCCCCC. The van der Waals surface area contributed by atoms with Gasteiger partial charge >= 0.3 is 11.9 Å². The normalized spacial score (nSPS) is 12.7. The number of guanidine groups is 1. The fourth-order valence-corrected chi connectivity index (χ4v) is 7.29. The lowest BCUT2D eigenvalue weighted by Crippen LogP contribution is -2.47. The minimum Gasteiger partial charge on any atom is -0.465 e. The molecule has 0 aromatic heterocycles. The van der Waals surface area contributed by atoms with E-state index in [1.165, 1.54) is 70.6 Å². The van der Waals surface area contributed by atoms with Gasteiger partial charge in [0.2, 0.25) is 11.8 Å². The molecule has 0 aliphatic heterocycles. The van der Waals surface area contributed by atoms with E-state index in [4.69, 9.17) is 20.9 Å². The van der Waals surface area contributed by atoms with Crippen LogP contribution in [0.3, 0.4) is 0 Å². The van der Waals surface area contributed by atoms with Gasteiger partial charge in [-0.15, -0.1) is 0 Å². The lowest BCUT2D eigenvalue weighted by atomic mass is 9.94. The Hall–Kier alpha value is -2.85. The average molecular weight is 822 g/mol. The second kappa shape index (κ2) is 40.9. The Morgan fingerprint density at radius 3 is 1.41 bits per heavy atom. The van der Waals surface area contributed by atoms with Crippen LogP contribution in [0.4, 0.5) is 0 Å². The van der Waals surface area contributed by atoms with E-state index < -0.39 is 6.04 Å². The Morgan fingerprint density at radius 2 is 0.914 bits per heavy atom. The molecular formula is C47H91N5O6. The van der Waals surface area contributed by atoms with Crippen molar-refractivity contribution in [1.29, 1.82) is 0 Å². The van der Waals surface area contributed by atoms with Gasteiger partial charge in [0, 0.05) is 19.5 Å². The molecular weight excluding hydrogens is 731 g/mol. The van der Waals surface area contributed by atoms with E-state index in [2.05, 4.69) is 43.3 Å². The molecule has 11 heteroatoms. The van der Waals surface area contributed by atoms with Crippen LogP contribution >= 0.6 is 0 Å². The summed E-state index contributed by atoms with van der Waals surface area (Å²) in [6.07, 6.45) is 31.0. The minimum atomic E-state index is -0.719. The van der Waals surface area contributed by atoms with Crippen molar-refractivity contribution >= 4 is 29.7 Å². The third-order valence-electron chi connectivity index (χ3n) is 11.1. The molecule has 0 fully saturated rings. The highest BCUT2D eigenvalue weighted by molar-refractivity contribution is 5.87. The molecule has 0 heterocycles. The largest absolute Gasteiger partial charge is 0.465 e. The van der Waals surface area contributed by atoms with Crippen molar-refractivity contribution in [3.8, 4) is 0 Å². The van der Waals surface area contributed by atoms with Gasteiger partial charge in [0.05, 0.1) is 25.0 Å². The number of hydrogen-bond donors (Lipinski definition) is 4. The zero-order valence-electron chi connectivity index (χ0n) is 38.0. The first-order chi connectivity index (χ1) is 28.2. The fraction of sp³-hybridized carbons (Fsp3) is 0.894. The highest BCUT2D eigenvalue weighted by atomic mass is 16.5. The van der Waals surface area contributed by atoms with E-state index in [9.17, 15) is 19.2 Å². The molecule has 0 aromatic carbocycles. The standard InChI is InChI=1S/C47H91N5O6/c1-5-9-13-16-18-25-33-41(32-24-15-11-7-3)46(56)58-38-28-21-17-19-26-34-43(53)52-42(35-37-51-47(48)49)44(54)50-36-27-20-22-29-39-57-45(55)40(30-12-8-4)31-23-14-10-6-2/h40-42H,5-39H2,1-4H3,(H,50,54)(H,52,53)(H4,48,49,51)/t40?,41?,42-/m0/s1. The molecule has 0 aliphatic rings. The zero-order chi connectivity index (χ0) is 42.9. The molecule has 0 radical (unpaired) electrons. The number of amides is 2. The molecule has 0 rings (SSSR count). The van der Waals surface area contributed by atoms with E-state index in [1.807, 2.05) is 0 Å². The second-order valence-electron chi connectivity index (χ2n) is 16.6. The third-order valence-corrected chi connectivity index (χ3v) is 11.1. The third kappa shape index (κ3) is 34.1. The van der Waals surface area contributed by atoms with Gasteiger partial charge in [0.25, 0.3) is 0 Å². The fourth-order valence-electron chi connectivity index (χ4n) is 7.29.